The topological polar surface area (TPSA) is 57.6 Å². The number of rotatable bonds is 0. The summed E-state index contributed by atoms with van der Waals surface area (Å²) in [7, 11) is 0. The van der Waals surface area contributed by atoms with E-state index in [4.69, 9.17) is 0 Å². The highest BCUT2D eigenvalue weighted by molar-refractivity contribution is 5.90. The number of fused-ring (bicyclic) bond motifs is 8. The maximum atomic E-state index is 13.2. The van der Waals surface area contributed by atoms with Gasteiger partial charge < -0.3 is 5.11 Å². The van der Waals surface area contributed by atoms with E-state index in [2.05, 4.69) is 25.7 Å². The van der Waals surface area contributed by atoms with Gasteiger partial charge in [0.25, 0.3) is 0 Å². The number of carbonyl (C=O) groups excluding carboxylic acids is 2. The van der Waals surface area contributed by atoms with Gasteiger partial charge in [0.1, 0.15) is 11.6 Å². The van der Waals surface area contributed by atoms with Crippen LogP contribution in [0, 0.1) is 52.8 Å². The minimum Gasteiger partial charge on any atom is -0.388 e. The number of hydrogen-bond donors (Lipinski definition) is 1. The summed E-state index contributed by atoms with van der Waals surface area (Å²) in [6.45, 7) is 9.15. The highest BCUT2D eigenvalue weighted by Crippen LogP contribution is 2.66. The number of piperidine rings is 2. The van der Waals surface area contributed by atoms with Gasteiger partial charge in [0.05, 0.1) is 5.60 Å². The molecule has 2 aliphatic heterocycles. The summed E-state index contributed by atoms with van der Waals surface area (Å²) in [5.74, 6) is 4.81. The first-order chi connectivity index (χ1) is 14.7. The smallest absolute Gasteiger partial charge is 0.137 e. The summed E-state index contributed by atoms with van der Waals surface area (Å²) in [4.78, 5) is 28.0. The molecule has 6 fully saturated rings. The van der Waals surface area contributed by atoms with Crippen molar-refractivity contribution in [3.63, 3.8) is 0 Å². The molecule has 11 atom stereocenters. The van der Waals surface area contributed by atoms with Crippen molar-refractivity contribution in [2.24, 2.45) is 52.8 Å². The Morgan fingerprint density at radius 1 is 0.903 bits per heavy atom. The number of aliphatic hydroxyl groups is 1. The zero-order valence-electron chi connectivity index (χ0n) is 19.7. The summed E-state index contributed by atoms with van der Waals surface area (Å²) in [5.41, 5.74) is -0.554. The van der Waals surface area contributed by atoms with Crippen molar-refractivity contribution in [2.75, 3.05) is 13.1 Å². The van der Waals surface area contributed by atoms with Crippen LogP contribution >= 0.6 is 0 Å². The van der Waals surface area contributed by atoms with Crippen molar-refractivity contribution >= 4 is 11.6 Å². The lowest BCUT2D eigenvalue weighted by Crippen LogP contribution is -2.67. The van der Waals surface area contributed by atoms with Crippen molar-refractivity contribution in [1.29, 1.82) is 0 Å². The van der Waals surface area contributed by atoms with Crippen LogP contribution in [0.2, 0.25) is 0 Å². The molecule has 0 aromatic carbocycles. The minimum atomic E-state index is -0.582. The Bertz CT molecular complexity index is 791. The van der Waals surface area contributed by atoms with Gasteiger partial charge in [-0.2, -0.15) is 0 Å². The van der Waals surface area contributed by atoms with Crippen LogP contribution in [0.25, 0.3) is 0 Å². The molecular formula is C27H41NO3. The molecular weight excluding hydrogens is 386 g/mol. The Labute approximate surface area is 187 Å². The Morgan fingerprint density at radius 3 is 2.52 bits per heavy atom. The predicted octanol–water partition coefficient (Wildman–Crippen LogP) is 4.09. The van der Waals surface area contributed by atoms with E-state index in [0.29, 0.717) is 66.0 Å². The maximum Gasteiger partial charge on any atom is 0.137 e. The van der Waals surface area contributed by atoms with Gasteiger partial charge in [0.2, 0.25) is 0 Å². The van der Waals surface area contributed by atoms with Crippen molar-refractivity contribution in [1.82, 2.24) is 4.90 Å². The first kappa shape index (κ1) is 20.8. The molecule has 6 aliphatic rings. The zero-order valence-corrected chi connectivity index (χ0v) is 19.7. The normalized spacial score (nSPS) is 56.8. The molecule has 2 heterocycles. The summed E-state index contributed by atoms with van der Waals surface area (Å²) in [6, 6.07) is 0.331. The van der Waals surface area contributed by atoms with Crippen LogP contribution in [-0.2, 0) is 9.59 Å². The average Bonchev–Trinajstić information content (AvgIpc) is 3.09. The summed E-state index contributed by atoms with van der Waals surface area (Å²) >= 11 is 0. The molecule has 31 heavy (non-hydrogen) atoms. The van der Waals surface area contributed by atoms with E-state index in [1.807, 2.05) is 0 Å². The maximum absolute atomic E-state index is 13.2. The Balaban J connectivity index is 1.31. The third-order valence-corrected chi connectivity index (χ3v) is 11.7. The van der Waals surface area contributed by atoms with E-state index >= 15 is 0 Å². The highest BCUT2D eigenvalue weighted by Gasteiger charge is 2.64. The van der Waals surface area contributed by atoms with E-state index < -0.39 is 5.60 Å². The highest BCUT2D eigenvalue weighted by atomic mass is 16.3. The molecule has 0 aromatic heterocycles. The Hall–Kier alpha value is -0.740. The molecule has 0 radical (unpaired) electrons. The largest absolute Gasteiger partial charge is 0.388 e. The Kier molecular flexibility index (Phi) is 4.63. The number of ketones is 2. The fourth-order valence-corrected chi connectivity index (χ4v) is 10.2. The second-order valence-electron chi connectivity index (χ2n) is 13.0. The lowest BCUT2D eigenvalue weighted by atomic mass is 9.52. The van der Waals surface area contributed by atoms with Gasteiger partial charge >= 0.3 is 0 Å². The molecule has 0 aromatic rings. The first-order valence-electron chi connectivity index (χ1n) is 13.2. The SMILES string of the molecule is C[C@H]1CC[C@@H]2N(C1)C[C@H]1[C@@H]3C[C@H]4[C@@H](CC(=O)[C@H]5CC(=O)CC[C@@]54C)[C@@H]3CC[C@H]1[C@@]2(C)O. The second-order valence-corrected chi connectivity index (χ2v) is 13.0. The van der Waals surface area contributed by atoms with Crippen LogP contribution in [0.5, 0.6) is 0 Å². The number of Topliss-reactive ketones (excluding diaryl/α,β-unsaturated/α-hetero) is 2. The first-order valence-corrected chi connectivity index (χ1v) is 13.2. The van der Waals surface area contributed by atoms with E-state index in [1.54, 1.807) is 0 Å². The fourth-order valence-electron chi connectivity index (χ4n) is 10.2. The summed E-state index contributed by atoms with van der Waals surface area (Å²) in [6.07, 6.45) is 8.75. The standard InChI is InChI=1S/C27H41NO3/c1-15-4-7-25-27(3,31)21-6-5-17-18(20(21)14-28(25)13-15)11-22-19(17)12-24(30)23-10-16(29)8-9-26(22,23)2/h15,17-23,25,31H,4-14H2,1-3H3/t15-,17+,18+,19-,20-,21+,22-,23+,25-,26+,27+/m0/s1. The molecule has 4 saturated carbocycles. The number of nitrogens with zero attached hydrogens (tertiary/aromatic N) is 1. The molecule has 0 spiro atoms. The molecule has 4 aliphatic carbocycles. The lowest BCUT2D eigenvalue weighted by Gasteiger charge is -2.59. The fraction of sp³-hybridized carbons (Fsp3) is 0.926. The molecule has 0 amide bonds. The second kappa shape index (κ2) is 6.88. The third-order valence-electron chi connectivity index (χ3n) is 11.7. The van der Waals surface area contributed by atoms with Gasteiger partial charge in [0, 0.05) is 44.3 Å². The Morgan fingerprint density at radius 2 is 1.71 bits per heavy atom. The monoisotopic (exact) mass is 427 g/mol. The molecule has 2 saturated heterocycles. The van der Waals surface area contributed by atoms with Gasteiger partial charge in [-0.3, -0.25) is 14.5 Å². The lowest BCUT2D eigenvalue weighted by molar-refractivity contribution is -0.175. The van der Waals surface area contributed by atoms with Crippen LogP contribution < -0.4 is 0 Å². The number of carbonyl (C=O) groups is 2. The molecule has 0 unspecified atom stereocenters. The summed E-state index contributed by atoms with van der Waals surface area (Å²) in [5, 5.41) is 11.8. The van der Waals surface area contributed by atoms with Crippen molar-refractivity contribution in [3.8, 4) is 0 Å². The van der Waals surface area contributed by atoms with Gasteiger partial charge in [-0.05, 0) is 92.3 Å². The van der Waals surface area contributed by atoms with Crippen molar-refractivity contribution < 1.29 is 14.7 Å². The van der Waals surface area contributed by atoms with Crippen molar-refractivity contribution in [2.45, 2.75) is 90.2 Å². The number of hydrogen-bond acceptors (Lipinski definition) is 4. The molecule has 1 N–H and O–H groups in total. The van der Waals surface area contributed by atoms with E-state index in [-0.39, 0.29) is 11.3 Å². The van der Waals surface area contributed by atoms with Crippen LogP contribution in [0.15, 0.2) is 0 Å². The van der Waals surface area contributed by atoms with Crippen LogP contribution in [0.4, 0.5) is 0 Å². The van der Waals surface area contributed by atoms with Gasteiger partial charge in [-0.15, -0.1) is 0 Å². The molecule has 4 heteroatoms. The average molecular weight is 428 g/mol. The molecule has 4 nitrogen and oxygen atoms in total. The molecule has 172 valence electrons. The van der Waals surface area contributed by atoms with E-state index in [9.17, 15) is 14.7 Å². The molecule has 6 rings (SSSR count). The summed E-state index contributed by atoms with van der Waals surface area (Å²) < 4.78 is 0. The molecule has 0 bridgehead atoms. The van der Waals surface area contributed by atoms with E-state index in [0.717, 1.165) is 44.7 Å². The van der Waals surface area contributed by atoms with Crippen molar-refractivity contribution in [3.05, 3.63) is 0 Å². The van der Waals surface area contributed by atoms with Gasteiger partial charge in [-0.1, -0.05) is 13.8 Å². The predicted molar refractivity (Wildman–Crippen MR) is 119 cm³/mol. The zero-order chi connectivity index (χ0) is 21.7. The van der Waals surface area contributed by atoms with Crippen LogP contribution in [0.3, 0.4) is 0 Å². The third kappa shape index (κ3) is 2.86. The minimum absolute atomic E-state index is 0.0206. The van der Waals surface area contributed by atoms with Crippen LogP contribution in [-0.4, -0.2) is 46.3 Å². The van der Waals surface area contributed by atoms with Gasteiger partial charge in [0.15, 0.2) is 0 Å². The van der Waals surface area contributed by atoms with Crippen LogP contribution in [0.1, 0.15) is 78.6 Å². The van der Waals surface area contributed by atoms with Gasteiger partial charge in [-0.25, -0.2) is 0 Å². The quantitative estimate of drug-likeness (QED) is 0.632. The van der Waals surface area contributed by atoms with E-state index in [1.165, 1.54) is 19.3 Å².